The molecule has 0 saturated carbocycles. The van der Waals surface area contributed by atoms with Gasteiger partial charge in [-0.3, -0.25) is 9.78 Å². The van der Waals surface area contributed by atoms with E-state index in [2.05, 4.69) is 15.3 Å². The van der Waals surface area contributed by atoms with Gasteiger partial charge in [-0.25, -0.2) is 4.79 Å². The van der Waals surface area contributed by atoms with E-state index >= 15 is 0 Å². The van der Waals surface area contributed by atoms with Crippen LogP contribution in [-0.4, -0.2) is 16.1 Å². The van der Waals surface area contributed by atoms with E-state index in [0.29, 0.717) is 18.0 Å². The number of nitrogens with one attached hydrogen (secondary N) is 2. The molecule has 0 bridgehead atoms. The molecule has 0 aliphatic rings. The Morgan fingerprint density at radius 1 is 1.31 bits per heavy atom. The molecule has 3 aromatic heterocycles. The van der Waals surface area contributed by atoms with Crippen molar-refractivity contribution in [2.75, 3.05) is 0 Å². The fraction of sp³-hybridized carbons (Fsp3) is 0.211. The monoisotopic (exact) mass is 369 g/mol. The van der Waals surface area contributed by atoms with Gasteiger partial charge in [0, 0.05) is 27.9 Å². The summed E-state index contributed by atoms with van der Waals surface area (Å²) in [7, 11) is 0. The Hall–Kier alpha value is -2.93. The van der Waals surface area contributed by atoms with Crippen molar-refractivity contribution in [1.82, 2.24) is 15.3 Å². The summed E-state index contributed by atoms with van der Waals surface area (Å²) in [5.41, 5.74) is 3.16. The van der Waals surface area contributed by atoms with Gasteiger partial charge in [0.15, 0.2) is 5.06 Å². The van der Waals surface area contributed by atoms with Crippen LogP contribution in [0, 0.1) is 6.92 Å². The van der Waals surface area contributed by atoms with Crippen molar-refractivity contribution in [1.29, 1.82) is 0 Å². The maximum atomic E-state index is 11.9. The summed E-state index contributed by atoms with van der Waals surface area (Å²) in [6, 6.07) is 11.0. The first-order valence-electron chi connectivity index (χ1n) is 8.25. The normalized spacial score (nSPS) is 10.5. The summed E-state index contributed by atoms with van der Waals surface area (Å²) in [5, 5.41) is 3.16. The lowest BCUT2D eigenvalue weighted by Gasteiger charge is -2.06. The molecule has 0 aliphatic carbocycles. The molecule has 3 rings (SSSR count). The molecule has 6 nitrogen and oxygen atoms in total. The second kappa shape index (κ2) is 7.97. The van der Waals surface area contributed by atoms with Gasteiger partial charge in [-0.1, -0.05) is 24.3 Å². The number of H-pyrrole nitrogens is 1. The lowest BCUT2D eigenvalue weighted by atomic mass is 10.1. The van der Waals surface area contributed by atoms with E-state index in [4.69, 9.17) is 4.74 Å². The molecule has 0 aromatic carbocycles. The standard InChI is InChI=1S/C19H19N3O3S/c1-3-13-10-15(12(2)22-18(13)23)16-7-8-17(26-16)25-19(24)21-11-14-6-4-5-9-20-14/h4-10H,3,11H2,1-2H3,(H,21,24)(H,22,23). The van der Waals surface area contributed by atoms with Crippen LogP contribution in [0.15, 0.2) is 47.4 Å². The molecule has 0 spiro atoms. The quantitative estimate of drug-likeness (QED) is 0.719. The lowest BCUT2D eigenvalue weighted by Crippen LogP contribution is -2.26. The Balaban J connectivity index is 1.68. The number of aromatic nitrogens is 2. The minimum Gasteiger partial charge on any atom is -0.399 e. The third-order valence-electron chi connectivity index (χ3n) is 3.88. The van der Waals surface area contributed by atoms with Crippen LogP contribution in [0.4, 0.5) is 4.79 Å². The van der Waals surface area contributed by atoms with Crippen LogP contribution in [0.2, 0.25) is 0 Å². The summed E-state index contributed by atoms with van der Waals surface area (Å²) < 4.78 is 5.33. The van der Waals surface area contributed by atoms with Crippen LogP contribution in [0.3, 0.4) is 0 Å². The van der Waals surface area contributed by atoms with E-state index in [1.807, 2.05) is 44.2 Å². The molecule has 0 aliphatic heterocycles. The maximum Gasteiger partial charge on any atom is 0.413 e. The van der Waals surface area contributed by atoms with Crippen molar-refractivity contribution < 1.29 is 9.53 Å². The second-order valence-corrected chi connectivity index (χ2v) is 6.75. The molecule has 26 heavy (non-hydrogen) atoms. The fourth-order valence-electron chi connectivity index (χ4n) is 2.50. The maximum absolute atomic E-state index is 11.9. The zero-order valence-electron chi connectivity index (χ0n) is 14.5. The van der Waals surface area contributed by atoms with Gasteiger partial charge >= 0.3 is 6.09 Å². The van der Waals surface area contributed by atoms with Crippen LogP contribution < -0.4 is 15.6 Å². The highest BCUT2D eigenvalue weighted by atomic mass is 32.1. The second-order valence-electron chi connectivity index (χ2n) is 5.70. The van der Waals surface area contributed by atoms with E-state index in [0.717, 1.165) is 27.4 Å². The lowest BCUT2D eigenvalue weighted by molar-refractivity contribution is 0.201. The average Bonchev–Trinajstić information content (AvgIpc) is 3.09. The number of aromatic amines is 1. The molecule has 134 valence electrons. The number of carbonyl (C=O) groups excluding carboxylic acids is 1. The highest BCUT2D eigenvalue weighted by molar-refractivity contribution is 7.17. The molecule has 0 atom stereocenters. The van der Waals surface area contributed by atoms with E-state index < -0.39 is 6.09 Å². The Kier molecular flexibility index (Phi) is 5.48. The number of hydrogen-bond acceptors (Lipinski definition) is 5. The number of aryl methyl sites for hydroxylation is 2. The molecule has 2 N–H and O–H groups in total. The molecule has 0 unspecified atom stereocenters. The van der Waals surface area contributed by atoms with Crippen LogP contribution in [0.1, 0.15) is 23.9 Å². The van der Waals surface area contributed by atoms with E-state index in [1.54, 1.807) is 12.3 Å². The Bertz CT molecular complexity index is 964. The number of carbonyl (C=O) groups is 1. The van der Waals surface area contributed by atoms with Crippen LogP contribution >= 0.6 is 11.3 Å². The Morgan fingerprint density at radius 2 is 2.15 bits per heavy atom. The summed E-state index contributed by atoms with van der Waals surface area (Å²) in [6.45, 7) is 4.10. The van der Waals surface area contributed by atoms with Crippen molar-refractivity contribution in [2.24, 2.45) is 0 Å². The van der Waals surface area contributed by atoms with Gasteiger partial charge in [0.05, 0.1) is 12.2 Å². The van der Waals surface area contributed by atoms with Crippen molar-refractivity contribution in [3.05, 3.63) is 69.9 Å². The summed E-state index contributed by atoms with van der Waals surface area (Å²) in [5.74, 6) is 0. The summed E-state index contributed by atoms with van der Waals surface area (Å²) >= 11 is 1.35. The average molecular weight is 369 g/mol. The van der Waals surface area contributed by atoms with Gasteiger partial charge in [-0.15, -0.1) is 0 Å². The predicted octanol–water partition coefficient (Wildman–Crippen LogP) is 3.66. The van der Waals surface area contributed by atoms with Gasteiger partial charge in [0.2, 0.25) is 0 Å². The van der Waals surface area contributed by atoms with E-state index in [1.165, 1.54) is 11.3 Å². The van der Waals surface area contributed by atoms with Crippen molar-refractivity contribution in [3.63, 3.8) is 0 Å². The van der Waals surface area contributed by atoms with Crippen molar-refractivity contribution >= 4 is 17.4 Å². The SMILES string of the molecule is CCc1cc(-c2ccc(OC(=O)NCc3ccccn3)s2)c(C)[nH]c1=O. The predicted molar refractivity (Wildman–Crippen MR) is 102 cm³/mol. The number of amides is 1. The largest absolute Gasteiger partial charge is 0.413 e. The first kappa shape index (κ1) is 17.9. The van der Waals surface area contributed by atoms with Crippen LogP contribution in [-0.2, 0) is 13.0 Å². The number of nitrogens with zero attached hydrogens (tertiary/aromatic N) is 1. The molecule has 3 aromatic rings. The fourth-order valence-corrected chi connectivity index (χ4v) is 3.43. The van der Waals surface area contributed by atoms with E-state index in [9.17, 15) is 9.59 Å². The molecule has 0 radical (unpaired) electrons. The summed E-state index contributed by atoms with van der Waals surface area (Å²) in [4.78, 5) is 31.7. The van der Waals surface area contributed by atoms with E-state index in [-0.39, 0.29) is 5.56 Å². The van der Waals surface area contributed by atoms with Gasteiger partial charge < -0.3 is 15.0 Å². The zero-order chi connectivity index (χ0) is 18.5. The summed E-state index contributed by atoms with van der Waals surface area (Å²) in [6.07, 6.45) is 1.80. The highest BCUT2D eigenvalue weighted by Crippen LogP contribution is 2.34. The number of thiophene rings is 1. The van der Waals surface area contributed by atoms with Gasteiger partial charge in [0.1, 0.15) is 0 Å². The molecule has 3 heterocycles. The topological polar surface area (TPSA) is 84.1 Å². The van der Waals surface area contributed by atoms with Crippen molar-refractivity contribution in [2.45, 2.75) is 26.8 Å². The zero-order valence-corrected chi connectivity index (χ0v) is 15.4. The molecule has 7 heteroatoms. The Morgan fingerprint density at radius 3 is 2.88 bits per heavy atom. The van der Waals surface area contributed by atoms with Crippen molar-refractivity contribution in [3.8, 4) is 15.5 Å². The third kappa shape index (κ3) is 4.18. The van der Waals surface area contributed by atoms with Gasteiger partial charge in [-0.05, 0) is 43.7 Å². The molecular weight excluding hydrogens is 350 g/mol. The smallest absolute Gasteiger partial charge is 0.399 e. The first-order valence-corrected chi connectivity index (χ1v) is 9.07. The third-order valence-corrected chi connectivity index (χ3v) is 4.87. The minimum absolute atomic E-state index is 0.0596. The molecule has 0 fully saturated rings. The number of pyridine rings is 2. The minimum atomic E-state index is -0.531. The van der Waals surface area contributed by atoms with Crippen LogP contribution in [0.25, 0.3) is 10.4 Å². The Labute approximate surface area is 154 Å². The highest BCUT2D eigenvalue weighted by Gasteiger charge is 2.12. The number of rotatable bonds is 5. The number of hydrogen-bond donors (Lipinski definition) is 2. The molecule has 0 saturated heterocycles. The van der Waals surface area contributed by atoms with Crippen LogP contribution in [0.5, 0.6) is 5.06 Å². The molecule has 1 amide bonds. The van der Waals surface area contributed by atoms with Gasteiger partial charge in [-0.2, -0.15) is 0 Å². The first-order chi connectivity index (χ1) is 12.6. The molecular formula is C19H19N3O3S. The van der Waals surface area contributed by atoms with Gasteiger partial charge in [0.25, 0.3) is 5.56 Å². The number of ether oxygens (including phenoxy) is 1.